The van der Waals surface area contributed by atoms with E-state index >= 15 is 0 Å². The molecule has 0 aliphatic carbocycles. The highest BCUT2D eigenvalue weighted by atomic mass is 35.5. The third kappa shape index (κ3) is 2.70. The van der Waals surface area contributed by atoms with Crippen LogP contribution in [0.4, 0.5) is 0 Å². The minimum atomic E-state index is -0.210. The number of ketones is 1. The molecule has 0 spiro atoms. The molecular formula is C15H13ClO4. The van der Waals surface area contributed by atoms with Crippen LogP contribution in [0.25, 0.3) is 0 Å². The second-order valence-electron chi connectivity index (χ2n) is 4.07. The highest BCUT2D eigenvalue weighted by molar-refractivity contribution is 6.30. The number of phenols is 1. The molecule has 0 amide bonds. The summed E-state index contributed by atoms with van der Waals surface area (Å²) in [5, 5.41) is 10.4. The lowest BCUT2D eigenvalue weighted by molar-refractivity contribution is 0.103. The number of rotatable bonds is 4. The topological polar surface area (TPSA) is 55.8 Å². The SMILES string of the molecule is COc1cc(C(=O)c2ccc(Cl)cc2)cc(OC)c1O. The number of carbonyl (C=O) groups excluding carboxylic acids is 1. The van der Waals surface area contributed by atoms with Gasteiger partial charge in [-0.05, 0) is 36.4 Å². The van der Waals surface area contributed by atoms with Gasteiger partial charge in [0.1, 0.15) is 0 Å². The van der Waals surface area contributed by atoms with Crippen molar-refractivity contribution >= 4 is 17.4 Å². The van der Waals surface area contributed by atoms with Crippen molar-refractivity contribution in [2.75, 3.05) is 14.2 Å². The van der Waals surface area contributed by atoms with Crippen molar-refractivity contribution in [3.05, 3.63) is 52.5 Å². The zero-order valence-electron chi connectivity index (χ0n) is 11.0. The number of methoxy groups -OCH3 is 2. The summed E-state index contributed by atoms with van der Waals surface area (Å²) in [6.45, 7) is 0. The van der Waals surface area contributed by atoms with Gasteiger partial charge in [-0.25, -0.2) is 0 Å². The van der Waals surface area contributed by atoms with Gasteiger partial charge in [-0.1, -0.05) is 11.6 Å². The monoisotopic (exact) mass is 292 g/mol. The third-order valence-corrected chi connectivity index (χ3v) is 3.10. The highest BCUT2D eigenvalue weighted by Crippen LogP contribution is 2.37. The predicted octanol–water partition coefficient (Wildman–Crippen LogP) is 3.29. The smallest absolute Gasteiger partial charge is 0.200 e. The fourth-order valence-electron chi connectivity index (χ4n) is 1.79. The predicted molar refractivity (Wildman–Crippen MR) is 76.1 cm³/mol. The minimum Gasteiger partial charge on any atom is -0.502 e. The number of benzene rings is 2. The van der Waals surface area contributed by atoms with Crippen molar-refractivity contribution in [3.8, 4) is 17.2 Å². The number of aromatic hydroxyl groups is 1. The molecule has 0 saturated heterocycles. The summed E-state index contributed by atoms with van der Waals surface area (Å²) in [6, 6.07) is 9.49. The molecule has 4 nitrogen and oxygen atoms in total. The van der Waals surface area contributed by atoms with Gasteiger partial charge in [-0.3, -0.25) is 4.79 Å². The number of hydrogen-bond acceptors (Lipinski definition) is 4. The Morgan fingerprint density at radius 1 is 1.00 bits per heavy atom. The number of phenolic OH excluding ortho intramolecular Hbond substituents is 1. The summed E-state index contributed by atoms with van der Waals surface area (Å²) < 4.78 is 10.1. The van der Waals surface area contributed by atoms with Gasteiger partial charge in [0.15, 0.2) is 17.3 Å². The van der Waals surface area contributed by atoms with E-state index in [-0.39, 0.29) is 23.0 Å². The van der Waals surface area contributed by atoms with Crippen LogP contribution in [0.5, 0.6) is 17.2 Å². The quantitative estimate of drug-likeness (QED) is 0.879. The first kappa shape index (κ1) is 14.2. The van der Waals surface area contributed by atoms with E-state index in [0.29, 0.717) is 16.1 Å². The van der Waals surface area contributed by atoms with E-state index in [4.69, 9.17) is 21.1 Å². The molecule has 0 radical (unpaired) electrons. The summed E-state index contributed by atoms with van der Waals surface area (Å²) in [4.78, 5) is 12.4. The molecule has 0 fully saturated rings. The molecule has 20 heavy (non-hydrogen) atoms. The van der Waals surface area contributed by atoms with E-state index in [1.807, 2.05) is 0 Å². The first-order chi connectivity index (χ1) is 9.56. The third-order valence-electron chi connectivity index (χ3n) is 2.85. The average molecular weight is 293 g/mol. The fraction of sp³-hybridized carbons (Fsp3) is 0.133. The summed E-state index contributed by atoms with van der Waals surface area (Å²) in [5.41, 5.74) is 0.850. The van der Waals surface area contributed by atoms with E-state index in [1.54, 1.807) is 24.3 Å². The van der Waals surface area contributed by atoms with E-state index in [9.17, 15) is 9.90 Å². The minimum absolute atomic E-state index is 0.136. The lowest BCUT2D eigenvalue weighted by Crippen LogP contribution is -2.02. The summed E-state index contributed by atoms with van der Waals surface area (Å²) >= 11 is 5.79. The molecule has 0 bridgehead atoms. The zero-order chi connectivity index (χ0) is 14.7. The van der Waals surface area contributed by atoms with Crippen LogP contribution in [0.1, 0.15) is 15.9 Å². The van der Waals surface area contributed by atoms with Crippen molar-refractivity contribution in [2.24, 2.45) is 0 Å². The molecule has 0 saturated carbocycles. The molecule has 2 rings (SSSR count). The van der Waals surface area contributed by atoms with Gasteiger partial charge in [-0.15, -0.1) is 0 Å². The van der Waals surface area contributed by atoms with Gasteiger partial charge in [0.2, 0.25) is 5.75 Å². The van der Waals surface area contributed by atoms with Crippen LogP contribution in [-0.2, 0) is 0 Å². The average Bonchev–Trinajstić information content (AvgIpc) is 2.47. The van der Waals surface area contributed by atoms with Crippen LogP contribution in [0.3, 0.4) is 0 Å². The van der Waals surface area contributed by atoms with Crippen molar-refractivity contribution in [1.29, 1.82) is 0 Å². The Morgan fingerprint density at radius 2 is 1.50 bits per heavy atom. The van der Waals surface area contributed by atoms with Gasteiger partial charge in [0.05, 0.1) is 14.2 Å². The molecule has 0 heterocycles. The van der Waals surface area contributed by atoms with Gasteiger partial charge in [-0.2, -0.15) is 0 Å². The lowest BCUT2D eigenvalue weighted by atomic mass is 10.0. The Bertz CT molecular complexity index is 610. The molecule has 0 aliphatic heterocycles. The van der Waals surface area contributed by atoms with Gasteiger partial charge in [0, 0.05) is 16.1 Å². The van der Waals surface area contributed by atoms with Gasteiger partial charge >= 0.3 is 0 Å². The van der Waals surface area contributed by atoms with Crippen molar-refractivity contribution in [3.63, 3.8) is 0 Å². The van der Waals surface area contributed by atoms with Crippen LogP contribution >= 0.6 is 11.6 Å². The summed E-state index contributed by atoms with van der Waals surface area (Å²) in [6.07, 6.45) is 0. The maximum Gasteiger partial charge on any atom is 0.200 e. The molecule has 0 aliphatic rings. The van der Waals surface area contributed by atoms with Gasteiger partial charge < -0.3 is 14.6 Å². The van der Waals surface area contributed by atoms with E-state index < -0.39 is 0 Å². The first-order valence-electron chi connectivity index (χ1n) is 5.82. The number of carbonyl (C=O) groups is 1. The van der Waals surface area contributed by atoms with Crippen LogP contribution in [0.2, 0.25) is 5.02 Å². The second kappa shape index (κ2) is 5.84. The Labute approximate surface area is 121 Å². The molecule has 0 aromatic heterocycles. The molecule has 5 heteroatoms. The largest absolute Gasteiger partial charge is 0.502 e. The number of ether oxygens (including phenoxy) is 2. The van der Waals surface area contributed by atoms with Crippen LogP contribution in [0.15, 0.2) is 36.4 Å². The summed E-state index contributed by atoms with van der Waals surface area (Å²) in [5.74, 6) is 0.0178. The molecular weight excluding hydrogens is 280 g/mol. The fourth-order valence-corrected chi connectivity index (χ4v) is 1.92. The molecule has 1 N–H and O–H groups in total. The van der Waals surface area contributed by atoms with Crippen LogP contribution < -0.4 is 9.47 Å². The normalized spacial score (nSPS) is 10.2. The Balaban J connectivity index is 2.46. The molecule has 0 atom stereocenters. The van der Waals surface area contributed by atoms with E-state index in [0.717, 1.165) is 0 Å². The van der Waals surface area contributed by atoms with Gasteiger partial charge in [0.25, 0.3) is 0 Å². The lowest BCUT2D eigenvalue weighted by Gasteiger charge is -2.10. The first-order valence-corrected chi connectivity index (χ1v) is 6.20. The molecule has 0 unspecified atom stereocenters. The second-order valence-corrected chi connectivity index (χ2v) is 4.50. The highest BCUT2D eigenvalue weighted by Gasteiger charge is 2.16. The van der Waals surface area contributed by atoms with Crippen LogP contribution in [0, 0.1) is 0 Å². The summed E-state index contributed by atoms with van der Waals surface area (Å²) in [7, 11) is 2.82. The Kier molecular flexibility index (Phi) is 4.15. The number of halogens is 1. The van der Waals surface area contributed by atoms with Crippen molar-refractivity contribution < 1.29 is 19.4 Å². The van der Waals surface area contributed by atoms with Crippen LogP contribution in [-0.4, -0.2) is 25.1 Å². The van der Waals surface area contributed by atoms with Crippen molar-refractivity contribution in [2.45, 2.75) is 0 Å². The maximum absolute atomic E-state index is 12.4. The molecule has 104 valence electrons. The zero-order valence-corrected chi connectivity index (χ0v) is 11.8. The maximum atomic E-state index is 12.4. The Hall–Kier alpha value is -2.20. The standard InChI is InChI=1S/C15H13ClO4/c1-19-12-7-10(8-13(20-2)15(12)18)14(17)9-3-5-11(16)6-4-9/h3-8,18H,1-2H3. The van der Waals surface area contributed by atoms with E-state index in [1.165, 1.54) is 26.4 Å². The molecule has 2 aromatic carbocycles. The van der Waals surface area contributed by atoms with Crippen molar-refractivity contribution in [1.82, 2.24) is 0 Å². The Morgan fingerprint density at radius 3 is 1.95 bits per heavy atom. The number of hydrogen-bond donors (Lipinski definition) is 1. The molecule has 2 aromatic rings. The van der Waals surface area contributed by atoms with E-state index in [2.05, 4.69) is 0 Å².